The van der Waals surface area contributed by atoms with E-state index in [4.69, 9.17) is 9.57 Å². The van der Waals surface area contributed by atoms with Gasteiger partial charge in [-0.05, 0) is 69.2 Å². The number of rotatable bonds is 6. The number of ether oxygens (including phenoxy) is 1. The molecule has 0 spiro atoms. The Morgan fingerprint density at radius 1 is 1.19 bits per heavy atom. The highest BCUT2D eigenvalue weighted by Gasteiger charge is 2.39. The number of nitrogens with zero attached hydrogens (tertiary/aromatic N) is 1. The van der Waals surface area contributed by atoms with E-state index in [9.17, 15) is 14.7 Å². The topological polar surface area (TPSA) is 85.2 Å². The van der Waals surface area contributed by atoms with Crippen molar-refractivity contribution in [1.82, 2.24) is 0 Å². The number of hydrogen-bond donors (Lipinski definition) is 1. The molecule has 1 heterocycles. The molecule has 1 aromatic carbocycles. The first-order valence-electron chi connectivity index (χ1n) is 11.1. The van der Waals surface area contributed by atoms with Crippen molar-refractivity contribution < 1.29 is 24.3 Å². The zero-order chi connectivity index (χ0) is 23.8. The summed E-state index contributed by atoms with van der Waals surface area (Å²) in [7, 11) is 0. The molecule has 0 bridgehead atoms. The van der Waals surface area contributed by atoms with E-state index >= 15 is 0 Å². The minimum absolute atomic E-state index is 0.165. The molecule has 172 valence electrons. The smallest absolute Gasteiger partial charge is 0.170 e. The van der Waals surface area contributed by atoms with Crippen molar-refractivity contribution in [2.24, 2.45) is 5.16 Å². The molecular weight excluding hydrogens is 406 g/mol. The van der Waals surface area contributed by atoms with Gasteiger partial charge < -0.3 is 14.7 Å². The van der Waals surface area contributed by atoms with Gasteiger partial charge in [-0.15, -0.1) is 0 Å². The van der Waals surface area contributed by atoms with Crippen LogP contribution >= 0.6 is 0 Å². The van der Waals surface area contributed by atoms with Crippen LogP contribution in [0.3, 0.4) is 0 Å². The van der Waals surface area contributed by atoms with Crippen molar-refractivity contribution in [2.75, 3.05) is 6.61 Å². The normalized spacial score (nSPS) is 20.1. The van der Waals surface area contributed by atoms with Crippen molar-refractivity contribution in [2.45, 2.75) is 78.7 Å². The minimum Gasteiger partial charge on any atom is -0.505 e. The van der Waals surface area contributed by atoms with Crippen LogP contribution in [0.1, 0.15) is 73.8 Å². The SMILES string of the molecule is C=CCO/N=C(\CC)C(O)=C1C(=O)CC(c2c(C)c(C)c3c(c2C)CC(C)(C)O3)CC1=O. The van der Waals surface area contributed by atoms with Crippen molar-refractivity contribution in [3.8, 4) is 5.75 Å². The number of fused-ring (bicyclic) bond motifs is 1. The Balaban J connectivity index is 1.97. The summed E-state index contributed by atoms with van der Waals surface area (Å²) in [6.45, 7) is 15.8. The van der Waals surface area contributed by atoms with Crippen LogP contribution in [0, 0.1) is 20.8 Å². The van der Waals surface area contributed by atoms with E-state index in [1.54, 1.807) is 6.92 Å². The van der Waals surface area contributed by atoms with Crippen LogP contribution in [0.4, 0.5) is 0 Å². The molecule has 1 aliphatic carbocycles. The average Bonchev–Trinajstić information content (AvgIpc) is 3.05. The molecule has 1 aromatic rings. The molecule has 1 fully saturated rings. The predicted molar refractivity (Wildman–Crippen MR) is 125 cm³/mol. The monoisotopic (exact) mass is 439 g/mol. The number of oxime groups is 1. The maximum absolute atomic E-state index is 13.0. The lowest BCUT2D eigenvalue weighted by Crippen LogP contribution is -2.28. The van der Waals surface area contributed by atoms with E-state index in [-0.39, 0.29) is 59.6 Å². The van der Waals surface area contributed by atoms with E-state index < -0.39 is 0 Å². The molecular formula is C26H33NO5. The second-order valence-corrected chi connectivity index (χ2v) is 9.29. The lowest BCUT2D eigenvalue weighted by atomic mass is 9.74. The van der Waals surface area contributed by atoms with Gasteiger partial charge in [-0.2, -0.15) is 0 Å². The molecule has 6 nitrogen and oxygen atoms in total. The first-order valence-corrected chi connectivity index (χ1v) is 11.1. The summed E-state index contributed by atoms with van der Waals surface area (Å²) in [6.07, 6.45) is 2.98. The van der Waals surface area contributed by atoms with Crippen LogP contribution < -0.4 is 4.74 Å². The lowest BCUT2D eigenvalue weighted by Gasteiger charge is -2.28. The predicted octanol–water partition coefficient (Wildman–Crippen LogP) is 5.12. The second-order valence-electron chi connectivity index (χ2n) is 9.29. The van der Waals surface area contributed by atoms with Gasteiger partial charge in [-0.25, -0.2) is 0 Å². The maximum Gasteiger partial charge on any atom is 0.170 e. The van der Waals surface area contributed by atoms with Crippen molar-refractivity contribution in [3.63, 3.8) is 0 Å². The van der Waals surface area contributed by atoms with E-state index in [1.165, 1.54) is 6.08 Å². The average molecular weight is 440 g/mol. The number of carbonyl (C=O) groups excluding carboxylic acids is 2. The number of aliphatic hydroxyl groups is 1. The van der Waals surface area contributed by atoms with Gasteiger partial charge in [0.2, 0.25) is 0 Å². The molecule has 6 heteroatoms. The molecule has 1 N–H and O–H groups in total. The highest BCUT2D eigenvalue weighted by atomic mass is 16.6. The molecule has 0 unspecified atom stereocenters. The van der Waals surface area contributed by atoms with E-state index in [0.29, 0.717) is 6.42 Å². The zero-order valence-electron chi connectivity index (χ0n) is 19.9. The third-order valence-corrected chi connectivity index (χ3v) is 6.46. The van der Waals surface area contributed by atoms with Crippen LogP contribution in [-0.4, -0.2) is 34.6 Å². The summed E-state index contributed by atoms with van der Waals surface area (Å²) in [5.74, 6) is -0.384. The Morgan fingerprint density at radius 2 is 1.81 bits per heavy atom. The summed E-state index contributed by atoms with van der Waals surface area (Å²) in [4.78, 5) is 31.2. The van der Waals surface area contributed by atoms with Crippen LogP contribution in [0.15, 0.2) is 29.1 Å². The highest BCUT2D eigenvalue weighted by Crippen LogP contribution is 2.46. The third kappa shape index (κ3) is 4.23. The van der Waals surface area contributed by atoms with Gasteiger partial charge in [-0.1, -0.05) is 24.7 Å². The number of aliphatic hydroxyl groups excluding tert-OH is 1. The lowest BCUT2D eigenvalue weighted by molar-refractivity contribution is -0.124. The van der Waals surface area contributed by atoms with Crippen molar-refractivity contribution in [1.29, 1.82) is 0 Å². The van der Waals surface area contributed by atoms with Crippen molar-refractivity contribution in [3.05, 3.63) is 51.8 Å². The fraction of sp³-hybridized carbons (Fsp3) is 0.500. The number of ketones is 2. The van der Waals surface area contributed by atoms with Gasteiger partial charge >= 0.3 is 0 Å². The first kappa shape index (κ1) is 23.8. The summed E-state index contributed by atoms with van der Waals surface area (Å²) in [6, 6.07) is 0. The fourth-order valence-electron chi connectivity index (χ4n) is 4.85. The van der Waals surface area contributed by atoms with Gasteiger partial charge in [0, 0.05) is 24.8 Å². The van der Waals surface area contributed by atoms with Gasteiger partial charge in [-0.3, -0.25) is 9.59 Å². The minimum atomic E-state index is -0.376. The Bertz CT molecular complexity index is 1030. The van der Waals surface area contributed by atoms with E-state index in [0.717, 1.165) is 40.0 Å². The van der Waals surface area contributed by atoms with Crippen LogP contribution in [0.5, 0.6) is 5.75 Å². The summed E-state index contributed by atoms with van der Waals surface area (Å²) >= 11 is 0. The van der Waals surface area contributed by atoms with Gasteiger partial charge in [0.15, 0.2) is 17.3 Å². The number of hydrogen-bond acceptors (Lipinski definition) is 6. The fourth-order valence-corrected chi connectivity index (χ4v) is 4.85. The molecule has 0 saturated heterocycles. The number of allylic oxidation sites excluding steroid dienone is 2. The molecule has 0 amide bonds. The highest BCUT2D eigenvalue weighted by molar-refractivity contribution is 6.26. The Labute approximate surface area is 190 Å². The number of benzene rings is 1. The largest absolute Gasteiger partial charge is 0.505 e. The van der Waals surface area contributed by atoms with E-state index in [2.05, 4.69) is 32.5 Å². The van der Waals surface area contributed by atoms with Gasteiger partial charge in [0.25, 0.3) is 0 Å². The Morgan fingerprint density at radius 3 is 2.38 bits per heavy atom. The number of carbonyl (C=O) groups is 2. The van der Waals surface area contributed by atoms with Crippen LogP contribution in [0.25, 0.3) is 0 Å². The molecule has 0 aromatic heterocycles. The summed E-state index contributed by atoms with van der Waals surface area (Å²) in [5, 5.41) is 14.5. The Hall–Kier alpha value is -2.89. The molecule has 0 atom stereocenters. The van der Waals surface area contributed by atoms with Crippen LogP contribution in [0.2, 0.25) is 0 Å². The zero-order valence-corrected chi connectivity index (χ0v) is 19.9. The molecule has 2 aliphatic rings. The Kier molecular flexibility index (Phi) is 6.63. The standard InChI is InChI=1S/C26H33NO5/c1-8-10-31-27-19(9-2)24(30)23-20(28)11-17(12-21(23)29)22-14(3)15(4)25-18(16(22)5)13-26(6,7)32-25/h8,17,30H,1,9-13H2,2-7H3/b24-23?,27-19+. The first-order chi connectivity index (χ1) is 15.0. The third-order valence-electron chi connectivity index (χ3n) is 6.46. The molecule has 3 rings (SSSR count). The molecule has 1 saturated carbocycles. The quantitative estimate of drug-likeness (QED) is 0.126. The summed E-state index contributed by atoms with van der Waals surface area (Å²) in [5.41, 5.74) is 5.20. The van der Waals surface area contributed by atoms with Crippen molar-refractivity contribution >= 4 is 17.3 Å². The van der Waals surface area contributed by atoms with E-state index in [1.807, 2.05) is 13.8 Å². The molecule has 1 aliphatic heterocycles. The van der Waals surface area contributed by atoms with Crippen LogP contribution in [-0.2, 0) is 20.8 Å². The summed E-state index contributed by atoms with van der Waals surface area (Å²) < 4.78 is 6.19. The molecule has 32 heavy (non-hydrogen) atoms. The maximum atomic E-state index is 13.0. The van der Waals surface area contributed by atoms with Gasteiger partial charge in [0.05, 0.1) is 0 Å². The molecule has 0 radical (unpaired) electrons. The second kappa shape index (κ2) is 8.93. The van der Waals surface area contributed by atoms with Gasteiger partial charge in [0.1, 0.15) is 29.2 Å². The number of Topliss-reactive ketones (excluding diaryl/α,β-unsaturated/α-hetero) is 2.